The highest BCUT2D eigenvalue weighted by molar-refractivity contribution is 7.17. The molecule has 118 valence electrons. The highest BCUT2D eigenvalue weighted by Gasteiger charge is 2.40. The van der Waals surface area contributed by atoms with Crippen LogP contribution >= 0.6 is 0 Å². The van der Waals surface area contributed by atoms with E-state index in [1.807, 2.05) is 0 Å². The Morgan fingerprint density at radius 2 is 0.875 bits per heavy atom. The van der Waals surface area contributed by atoms with Gasteiger partial charge in [0.05, 0.1) is 0 Å². The average Bonchev–Trinajstić information content (AvgIpc) is 2.60. The molecular weight excluding hydrogens is 304 g/mol. The van der Waals surface area contributed by atoms with Gasteiger partial charge < -0.3 is 0 Å². The SMILES string of the molecule is C#C[Si](c1ccccc1C)(c1ccccc1C)c1ccccc1C. The monoisotopic (exact) mass is 326 g/mol. The van der Waals surface area contributed by atoms with Crippen molar-refractivity contribution in [1.82, 2.24) is 0 Å². The van der Waals surface area contributed by atoms with E-state index in [0.29, 0.717) is 0 Å². The summed E-state index contributed by atoms with van der Waals surface area (Å²) >= 11 is 0. The van der Waals surface area contributed by atoms with Crippen LogP contribution in [0.1, 0.15) is 16.7 Å². The van der Waals surface area contributed by atoms with Crippen LogP contribution in [0, 0.1) is 32.7 Å². The molecule has 24 heavy (non-hydrogen) atoms. The van der Waals surface area contributed by atoms with Gasteiger partial charge in [-0.25, -0.2) is 0 Å². The van der Waals surface area contributed by atoms with E-state index in [-0.39, 0.29) is 0 Å². The van der Waals surface area contributed by atoms with Crippen molar-refractivity contribution in [2.45, 2.75) is 20.8 Å². The third-order valence-corrected chi connectivity index (χ3v) is 9.40. The smallest absolute Gasteiger partial charge is 0.126 e. The van der Waals surface area contributed by atoms with E-state index < -0.39 is 8.07 Å². The molecule has 0 aliphatic heterocycles. The molecule has 0 spiro atoms. The predicted octanol–water partition coefficient (Wildman–Crippen LogP) is 3.25. The van der Waals surface area contributed by atoms with E-state index in [4.69, 9.17) is 6.42 Å². The summed E-state index contributed by atoms with van der Waals surface area (Å²) < 4.78 is 0. The molecule has 0 radical (unpaired) electrons. The van der Waals surface area contributed by atoms with Gasteiger partial charge in [0.1, 0.15) is 0 Å². The Morgan fingerprint density at radius 3 is 1.12 bits per heavy atom. The average molecular weight is 327 g/mol. The van der Waals surface area contributed by atoms with Crippen LogP contribution in [0.3, 0.4) is 0 Å². The van der Waals surface area contributed by atoms with Gasteiger partial charge in [0.2, 0.25) is 8.07 Å². The number of terminal acetylenes is 1. The van der Waals surface area contributed by atoms with Gasteiger partial charge in [0.25, 0.3) is 0 Å². The third-order valence-electron chi connectivity index (χ3n) is 4.86. The number of aryl methyl sites for hydroxylation is 3. The van der Waals surface area contributed by atoms with Gasteiger partial charge in [0, 0.05) is 0 Å². The number of hydrogen-bond acceptors (Lipinski definition) is 0. The second-order valence-corrected chi connectivity index (χ2v) is 9.74. The summed E-state index contributed by atoms with van der Waals surface area (Å²) in [6.45, 7) is 6.51. The third kappa shape index (κ3) is 2.50. The summed E-state index contributed by atoms with van der Waals surface area (Å²) in [6.07, 6.45) is 6.32. The van der Waals surface area contributed by atoms with Crippen molar-refractivity contribution in [3.8, 4) is 12.0 Å². The van der Waals surface area contributed by atoms with Crippen LogP contribution in [-0.4, -0.2) is 8.07 Å². The molecule has 0 fully saturated rings. The number of rotatable bonds is 3. The Morgan fingerprint density at radius 1 is 0.583 bits per heavy atom. The van der Waals surface area contributed by atoms with Crippen molar-refractivity contribution < 1.29 is 0 Å². The topological polar surface area (TPSA) is 0 Å². The van der Waals surface area contributed by atoms with Crippen molar-refractivity contribution >= 4 is 23.6 Å². The van der Waals surface area contributed by atoms with Gasteiger partial charge in [0.15, 0.2) is 0 Å². The van der Waals surface area contributed by atoms with E-state index in [2.05, 4.69) is 99.1 Å². The van der Waals surface area contributed by atoms with Crippen LogP contribution in [0.2, 0.25) is 0 Å². The maximum Gasteiger partial charge on any atom is 0.230 e. The molecule has 0 amide bonds. The van der Waals surface area contributed by atoms with Gasteiger partial charge >= 0.3 is 0 Å². The molecule has 0 atom stereocenters. The molecule has 3 aromatic carbocycles. The lowest BCUT2D eigenvalue weighted by atomic mass is 10.2. The van der Waals surface area contributed by atoms with E-state index >= 15 is 0 Å². The van der Waals surface area contributed by atoms with E-state index in [1.165, 1.54) is 32.3 Å². The maximum absolute atomic E-state index is 6.32. The molecule has 0 aliphatic carbocycles. The van der Waals surface area contributed by atoms with Crippen molar-refractivity contribution in [3.05, 3.63) is 89.5 Å². The fourth-order valence-corrected chi connectivity index (χ4v) is 8.05. The van der Waals surface area contributed by atoms with Crippen molar-refractivity contribution in [2.24, 2.45) is 0 Å². The lowest BCUT2D eigenvalue weighted by Crippen LogP contribution is -2.68. The van der Waals surface area contributed by atoms with Crippen LogP contribution in [-0.2, 0) is 0 Å². The van der Waals surface area contributed by atoms with Crippen LogP contribution < -0.4 is 15.6 Å². The molecule has 0 saturated heterocycles. The first-order chi connectivity index (χ1) is 11.6. The Bertz CT molecular complexity index is 804. The molecule has 0 unspecified atom stereocenters. The Hall–Kier alpha value is -2.56. The van der Waals surface area contributed by atoms with Crippen molar-refractivity contribution in [1.29, 1.82) is 0 Å². The summed E-state index contributed by atoms with van der Waals surface area (Å²) in [7, 11) is -2.50. The molecule has 0 saturated carbocycles. The molecule has 0 nitrogen and oxygen atoms in total. The second-order valence-electron chi connectivity index (χ2n) is 6.34. The van der Waals surface area contributed by atoms with Gasteiger partial charge in [-0.2, -0.15) is 0 Å². The van der Waals surface area contributed by atoms with Gasteiger partial charge in [-0.1, -0.05) is 89.5 Å². The molecule has 0 bridgehead atoms. The standard InChI is InChI=1S/C23H22Si/c1-5-24(21-15-9-6-12-18(21)2,22-16-10-7-13-19(22)3)23-17-11-8-14-20(23)4/h1,6-17H,2-4H3. The molecule has 0 N–H and O–H groups in total. The fraction of sp³-hybridized carbons (Fsp3) is 0.130. The first-order valence-corrected chi connectivity index (χ1v) is 10.3. The summed E-state index contributed by atoms with van der Waals surface area (Å²) in [5.74, 6) is 0. The zero-order valence-electron chi connectivity index (χ0n) is 14.5. The largest absolute Gasteiger partial charge is 0.230 e. The van der Waals surface area contributed by atoms with E-state index in [9.17, 15) is 0 Å². The highest BCUT2D eigenvalue weighted by atomic mass is 28.3. The molecular formula is C23H22Si. The highest BCUT2D eigenvalue weighted by Crippen LogP contribution is 2.13. The van der Waals surface area contributed by atoms with Crippen LogP contribution in [0.5, 0.6) is 0 Å². The quantitative estimate of drug-likeness (QED) is 0.394. The summed E-state index contributed by atoms with van der Waals surface area (Å²) in [5, 5.41) is 3.95. The predicted molar refractivity (Wildman–Crippen MR) is 107 cm³/mol. The van der Waals surface area contributed by atoms with Crippen LogP contribution in [0.4, 0.5) is 0 Å². The number of hydrogen-bond donors (Lipinski definition) is 0. The van der Waals surface area contributed by atoms with Crippen molar-refractivity contribution in [2.75, 3.05) is 0 Å². The maximum atomic E-state index is 6.32. The lowest BCUT2D eigenvalue weighted by molar-refractivity contribution is 1.47. The molecule has 3 aromatic rings. The minimum Gasteiger partial charge on any atom is -0.126 e. The lowest BCUT2D eigenvalue weighted by Gasteiger charge is -2.32. The number of benzene rings is 3. The molecule has 3 rings (SSSR count). The summed E-state index contributed by atoms with van der Waals surface area (Å²) in [4.78, 5) is 0. The zero-order chi connectivity index (χ0) is 17.2. The van der Waals surface area contributed by atoms with Crippen LogP contribution in [0.25, 0.3) is 0 Å². The van der Waals surface area contributed by atoms with Crippen molar-refractivity contribution in [3.63, 3.8) is 0 Å². The first kappa shape index (κ1) is 16.3. The van der Waals surface area contributed by atoms with Gasteiger partial charge in [-0.05, 0) is 36.3 Å². The van der Waals surface area contributed by atoms with E-state index in [0.717, 1.165) is 0 Å². The van der Waals surface area contributed by atoms with Gasteiger partial charge in [-0.3, -0.25) is 0 Å². The molecule has 0 heterocycles. The Kier molecular flexibility index (Phi) is 4.42. The van der Waals surface area contributed by atoms with Gasteiger partial charge in [-0.15, -0.1) is 12.0 Å². The van der Waals surface area contributed by atoms with Crippen LogP contribution in [0.15, 0.2) is 72.8 Å². The normalized spacial score (nSPS) is 11.1. The second kappa shape index (κ2) is 6.51. The zero-order valence-corrected chi connectivity index (χ0v) is 15.5. The Balaban J connectivity index is 2.47. The van der Waals surface area contributed by atoms with E-state index in [1.54, 1.807) is 0 Å². The first-order valence-electron chi connectivity index (χ1n) is 8.27. The fourth-order valence-electron chi connectivity index (χ4n) is 3.65. The summed E-state index contributed by atoms with van der Waals surface area (Å²) in [5.41, 5.74) is 7.14. The molecule has 0 aromatic heterocycles. The minimum absolute atomic E-state index is 1.27. The minimum atomic E-state index is -2.50. The summed E-state index contributed by atoms with van der Waals surface area (Å²) in [6, 6.07) is 25.8. The molecule has 1 heteroatoms. The molecule has 0 aliphatic rings. The Labute approximate surface area is 146 Å².